The summed E-state index contributed by atoms with van der Waals surface area (Å²) in [6.45, 7) is 3.89. The number of carboxylic acid groups (broad SMARTS) is 1. The van der Waals surface area contributed by atoms with Crippen LogP contribution in [0.2, 0.25) is 0 Å². The fraction of sp³-hybridized carbons (Fsp3) is 0.909. The van der Waals surface area contributed by atoms with E-state index < -0.39 is 11.4 Å². The van der Waals surface area contributed by atoms with Crippen LogP contribution in [-0.2, 0) is 9.59 Å². The van der Waals surface area contributed by atoms with Crippen molar-refractivity contribution in [2.75, 3.05) is 33.4 Å². The summed E-state index contributed by atoms with van der Waals surface area (Å²) in [5, 5.41) is 34.5. The Morgan fingerprint density at radius 2 is 1.21 bits per heavy atom. The number of unbranched alkanes of at least 4 members (excludes halogenated alkanes) is 8. The Labute approximate surface area is 177 Å². The lowest BCUT2D eigenvalue weighted by atomic mass is 9.88. The standard InChI is InChI=1S/C16H31NO3.C6H14O3/c1-3-4-5-6-7-8-9-10-11-12-15(18)17(2)14-13-16(19)20;1-2-6(3-7,4-8)5-9/h3-14H2,1-2H3,(H,19,20);7-9H,2-5H2,1H3. The minimum atomic E-state index is -0.854. The average Bonchev–Trinajstić information content (AvgIpc) is 2.73. The molecule has 0 heterocycles. The monoisotopic (exact) mass is 419 g/mol. The van der Waals surface area contributed by atoms with E-state index in [1.54, 1.807) is 7.05 Å². The molecule has 0 spiro atoms. The van der Waals surface area contributed by atoms with E-state index in [1.807, 2.05) is 6.92 Å². The van der Waals surface area contributed by atoms with Crippen LogP contribution in [0.1, 0.15) is 90.9 Å². The summed E-state index contributed by atoms with van der Waals surface area (Å²) in [7, 11) is 1.68. The third-order valence-corrected chi connectivity index (χ3v) is 5.34. The fourth-order valence-electron chi connectivity index (χ4n) is 2.65. The molecule has 0 radical (unpaired) electrons. The molecule has 29 heavy (non-hydrogen) atoms. The Bertz CT molecular complexity index is 381. The number of hydrogen-bond acceptors (Lipinski definition) is 5. The molecule has 4 N–H and O–H groups in total. The van der Waals surface area contributed by atoms with Gasteiger partial charge in [-0.2, -0.15) is 0 Å². The topological polar surface area (TPSA) is 118 Å². The number of carbonyl (C=O) groups excluding carboxylic acids is 1. The Morgan fingerprint density at radius 1 is 0.759 bits per heavy atom. The first-order valence-electron chi connectivity index (χ1n) is 11.1. The van der Waals surface area contributed by atoms with Gasteiger partial charge in [-0.05, 0) is 12.8 Å². The molecule has 0 aliphatic carbocycles. The third kappa shape index (κ3) is 17.4. The Hall–Kier alpha value is -1.18. The summed E-state index contributed by atoms with van der Waals surface area (Å²) in [5.41, 5.74) is -0.667. The lowest BCUT2D eigenvalue weighted by molar-refractivity contribution is -0.138. The highest BCUT2D eigenvalue weighted by Gasteiger charge is 2.24. The second-order valence-corrected chi connectivity index (χ2v) is 7.87. The SMILES string of the molecule is CCC(CO)(CO)CO.CCCCCCCCCCCC(=O)N(C)CCC(=O)O. The number of hydrogen-bond donors (Lipinski definition) is 4. The van der Waals surface area contributed by atoms with Gasteiger partial charge >= 0.3 is 5.97 Å². The number of carboxylic acids is 1. The fourth-order valence-corrected chi connectivity index (χ4v) is 2.65. The van der Waals surface area contributed by atoms with E-state index in [2.05, 4.69) is 6.92 Å². The van der Waals surface area contributed by atoms with E-state index in [-0.39, 0.29) is 32.1 Å². The van der Waals surface area contributed by atoms with E-state index in [0.717, 1.165) is 12.8 Å². The van der Waals surface area contributed by atoms with E-state index in [1.165, 1.54) is 49.8 Å². The number of amides is 1. The summed E-state index contributed by atoms with van der Waals surface area (Å²) in [6, 6.07) is 0. The van der Waals surface area contributed by atoms with Crippen LogP contribution in [0.3, 0.4) is 0 Å². The zero-order valence-electron chi connectivity index (χ0n) is 18.9. The van der Waals surface area contributed by atoms with Crippen molar-refractivity contribution >= 4 is 11.9 Å². The summed E-state index contributed by atoms with van der Waals surface area (Å²) in [5.74, 6) is -0.790. The summed E-state index contributed by atoms with van der Waals surface area (Å²) >= 11 is 0. The second kappa shape index (κ2) is 20.1. The molecular weight excluding hydrogens is 374 g/mol. The van der Waals surface area contributed by atoms with Gasteiger partial charge in [0.15, 0.2) is 0 Å². The molecule has 0 aromatic heterocycles. The van der Waals surface area contributed by atoms with Crippen molar-refractivity contribution in [2.45, 2.75) is 90.9 Å². The Balaban J connectivity index is 0. The molecule has 0 bridgehead atoms. The van der Waals surface area contributed by atoms with Crippen molar-refractivity contribution in [3.8, 4) is 0 Å². The van der Waals surface area contributed by atoms with Crippen LogP contribution in [0.5, 0.6) is 0 Å². The maximum absolute atomic E-state index is 11.7. The normalized spacial score (nSPS) is 11.0. The minimum Gasteiger partial charge on any atom is -0.481 e. The molecule has 0 unspecified atom stereocenters. The van der Waals surface area contributed by atoms with Gasteiger partial charge in [0, 0.05) is 25.4 Å². The van der Waals surface area contributed by atoms with Gasteiger partial charge in [-0.1, -0.05) is 65.2 Å². The van der Waals surface area contributed by atoms with Gasteiger partial charge in [-0.15, -0.1) is 0 Å². The van der Waals surface area contributed by atoms with Crippen molar-refractivity contribution in [3.63, 3.8) is 0 Å². The Kier molecular flexibility index (Phi) is 20.8. The maximum atomic E-state index is 11.7. The van der Waals surface area contributed by atoms with Crippen molar-refractivity contribution < 1.29 is 30.0 Å². The van der Waals surface area contributed by atoms with Gasteiger partial charge in [0.1, 0.15) is 0 Å². The molecule has 0 aliphatic heterocycles. The van der Waals surface area contributed by atoms with Gasteiger partial charge in [-0.25, -0.2) is 0 Å². The lowest BCUT2D eigenvalue weighted by Crippen LogP contribution is -2.32. The molecule has 0 aromatic rings. The predicted octanol–water partition coefficient (Wildman–Crippen LogP) is 3.20. The van der Waals surface area contributed by atoms with Crippen LogP contribution in [0.25, 0.3) is 0 Å². The van der Waals surface area contributed by atoms with Crippen LogP contribution in [0, 0.1) is 5.41 Å². The number of aliphatic hydroxyl groups excluding tert-OH is 3. The summed E-state index contributed by atoms with van der Waals surface area (Å²) < 4.78 is 0. The van der Waals surface area contributed by atoms with E-state index in [0.29, 0.717) is 19.4 Å². The van der Waals surface area contributed by atoms with Crippen LogP contribution < -0.4 is 0 Å². The predicted molar refractivity (Wildman–Crippen MR) is 116 cm³/mol. The highest BCUT2D eigenvalue weighted by atomic mass is 16.4. The van der Waals surface area contributed by atoms with Crippen LogP contribution in [0.4, 0.5) is 0 Å². The number of nitrogens with zero attached hydrogens (tertiary/aromatic N) is 1. The zero-order valence-corrected chi connectivity index (χ0v) is 18.9. The average molecular weight is 420 g/mol. The van der Waals surface area contributed by atoms with Crippen molar-refractivity contribution in [1.82, 2.24) is 4.90 Å². The first kappa shape index (κ1) is 30.0. The molecule has 0 fully saturated rings. The van der Waals surface area contributed by atoms with Gasteiger partial charge in [0.05, 0.1) is 26.2 Å². The van der Waals surface area contributed by atoms with Gasteiger partial charge in [0.2, 0.25) is 5.91 Å². The first-order valence-corrected chi connectivity index (χ1v) is 11.1. The molecule has 7 heteroatoms. The molecule has 174 valence electrons. The molecule has 0 aliphatic rings. The van der Waals surface area contributed by atoms with Gasteiger partial charge < -0.3 is 25.3 Å². The van der Waals surface area contributed by atoms with E-state index >= 15 is 0 Å². The van der Waals surface area contributed by atoms with Crippen molar-refractivity contribution in [1.29, 1.82) is 0 Å². The van der Waals surface area contributed by atoms with Gasteiger partial charge in [0.25, 0.3) is 0 Å². The van der Waals surface area contributed by atoms with Crippen LogP contribution >= 0.6 is 0 Å². The number of aliphatic hydroxyl groups is 3. The molecular formula is C22H45NO6. The van der Waals surface area contributed by atoms with Crippen molar-refractivity contribution in [3.05, 3.63) is 0 Å². The molecule has 0 rings (SSSR count). The summed E-state index contributed by atoms with van der Waals surface area (Å²) in [4.78, 5) is 23.6. The largest absolute Gasteiger partial charge is 0.481 e. The minimum absolute atomic E-state index is 0.0278. The van der Waals surface area contributed by atoms with Gasteiger partial charge in [-0.3, -0.25) is 9.59 Å². The van der Waals surface area contributed by atoms with Crippen LogP contribution in [-0.4, -0.2) is 70.6 Å². The lowest BCUT2D eigenvalue weighted by Gasteiger charge is -2.24. The van der Waals surface area contributed by atoms with Crippen molar-refractivity contribution in [2.24, 2.45) is 5.41 Å². The zero-order chi connectivity index (χ0) is 22.5. The third-order valence-electron chi connectivity index (χ3n) is 5.34. The molecule has 0 aromatic carbocycles. The maximum Gasteiger partial charge on any atom is 0.305 e. The van der Waals surface area contributed by atoms with Crippen LogP contribution in [0.15, 0.2) is 0 Å². The molecule has 1 amide bonds. The molecule has 0 atom stereocenters. The number of rotatable bonds is 17. The van der Waals surface area contributed by atoms with E-state index in [4.69, 9.17) is 20.4 Å². The highest BCUT2D eigenvalue weighted by Crippen LogP contribution is 2.18. The molecule has 0 saturated heterocycles. The smallest absolute Gasteiger partial charge is 0.305 e. The quantitative estimate of drug-likeness (QED) is 0.269. The second-order valence-electron chi connectivity index (χ2n) is 7.87. The number of aliphatic carboxylic acids is 1. The summed E-state index contributed by atoms with van der Waals surface area (Å²) in [6.07, 6.45) is 12.3. The molecule has 7 nitrogen and oxygen atoms in total. The molecule has 0 saturated carbocycles. The number of carbonyl (C=O) groups is 2. The Morgan fingerprint density at radius 3 is 1.55 bits per heavy atom. The first-order chi connectivity index (χ1) is 13.8. The van der Waals surface area contributed by atoms with E-state index in [9.17, 15) is 9.59 Å². The highest BCUT2D eigenvalue weighted by molar-refractivity contribution is 5.76.